The van der Waals surface area contributed by atoms with Gasteiger partial charge in [-0.1, -0.05) is 32.4 Å². The van der Waals surface area contributed by atoms with E-state index in [2.05, 4.69) is 19.2 Å². The highest BCUT2D eigenvalue weighted by Crippen LogP contribution is 2.16. The smallest absolute Gasteiger partial charge is 0.262 e. The highest BCUT2D eigenvalue weighted by atomic mass is 16.5. The molecule has 0 aliphatic heterocycles. The van der Waals surface area contributed by atoms with Gasteiger partial charge in [0.25, 0.3) is 5.91 Å². The molecule has 0 aromatic heterocycles. The van der Waals surface area contributed by atoms with Crippen molar-refractivity contribution in [1.29, 1.82) is 0 Å². The molecule has 0 fully saturated rings. The molecule has 2 rings (SSSR count). The van der Waals surface area contributed by atoms with Gasteiger partial charge in [0.05, 0.1) is 6.61 Å². The van der Waals surface area contributed by atoms with Crippen molar-refractivity contribution in [2.24, 2.45) is 0 Å². The van der Waals surface area contributed by atoms with Crippen LogP contribution in [-0.4, -0.2) is 19.1 Å². The maximum absolute atomic E-state index is 11.9. The second kappa shape index (κ2) is 9.60. The quantitative estimate of drug-likeness (QED) is 0.692. The summed E-state index contributed by atoms with van der Waals surface area (Å²) in [5.41, 5.74) is 1.97. The molecule has 2 aromatic carbocycles. The number of carbonyl (C=O) groups excluding carboxylic acids is 1. The highest BCUT2D eigenvalue weighted by Gasteiger charge is 2.04. The number of hydrogen-bond donors (Lipinski definition) is 1. The van der Waals surface area contributed by atoms with Gasteiger partial charge in [-0.05, 0) is 54.8 Å². The standard InChI is InChI=1S/C20H25NO3/c1-3-5-14-23-18-12-8-17(9-13-18)21-20(22)15-24-19-10-6-16(4-2)7-11-19/h6-13H,3-5,14-15H2,1-2H3,(H,21,22). The number of nitrogens with one attached hydrogen (secondary N) is 1. The molecule has 0 atom stereocenters. The van der Waals surface area contributed by atoms with Gasteiger partial charge in [-0.25, -0.2) is 0 Å². The van der Waals surface area contributed by atoms with Gasteiger partial charge < -0.3 is 14.8 Å². The largest absolute Gasteiger partial charge is 0.494 e. The van der Waals surface area contributed by atoms with E-state index in [1.807, 2.05) is 48.5 Å². The maximum atomic E-state index is 11.9. The SMILES string of the molecule is CCCCOc1ccc(NC(=O)COc2ccc(CC)cc2)cc1. The molecule has 0 saturated heterocycles. The number of benzene rings is 2. The predicted molar refractivity (Wildman–Crippen MR) is 96.8 cm³/mol. The zero-order chi connectivity index (χ0) is 17.2. The van der Waals surface area contributed by atoms with Crippen LogP contribution in [0.4, 0.5) is 5.69 Å². The van der Waals surface area contributed by atoms with Gasteiger partial charge in [0, 0.05) is 5.69 Å². The van der Waals surface area contributed by atoms with Crippen molar-refractivity contribution < 1.29 is 14.3 Å². The average Bonchev–Trinajstić information content (AvgIpc) is 2.62. The van der Waals surface area contributed by atoms with Crippen LogP contribution in [0.25, 0.3) is 0 Å². The Balaban J connectivity index is 1.76. The van der Waals surface area contributed by atoms with Crippen LogP contribution >= 0.6 is 0 Å². The van der Waals surface area contributed by atoms with E-state index in [0.29, 0.717) is 12.4 Å². The Bertz CT molecular complexity index is 620. The molecule has 128 valence electrons. The first-order valence-electron chi connectivity index (χ1n) is 8.45. The molecule has 0 aliphatic carbocycles. The van der Waals surface area contributed by atoms with Crippen LogP contribution in [0, 0.1) is 0 Å². The number of unbranched alkanes of at least 4 members (excludes halogenated alkanes) is 1. The molecule has 0 radical (unpaired) electrons. The Morgan fingerprint density at radius 1 is 0.917 bits per heavy atom. The molecule has 0 unspecified atom stereocenters. The Morgan fingerprint density at radius 2 is 1.54 bits per heavy atom. The lowest BCUT2D eigenvalue weighted by molar-refractivity contribution is -0.118. The number of amides is 1. The number of aryl methyl sites for hydroxylation is 1. The summed E-state index contributed by atoms with van der Waals surface area (Å²) in [6, 6.07) is 15.1. The first-order valence-corrected chi connectivity index (χ1v) is 8.45. The van der Waals surface area contributed by atoms with Crippen molar-refractivity contribution in [1.82, 2.24) is 0 Å². The Labute approximate surface area is 143 Å². The first-order chi connectivity index (χ1) is 11.7. The van der Waals surface area contributed by atoms with Crippen molar-refractivity contribution in [2.45, 2.75) is 33.1 Å². The summed E-state index contributed by atoms with van der Waals surface area (Å²) >= 11 is 0. The summed E-state index contributed by atoms with van der Waals surface area (Å²) < 4.78 is 11.1. The van der Waals surface area contributed by atoms with Crippen LogP contribution in [0.1, 0.15) is 32.3 Å². The normalized spacial score (nSPS) is 10.2. The van der Waals surface area contributed by atoms with Crippen molar-refractivity contribution in [3.8, 4) is 11.5 Å². The van der Waals surface area contributed by atoms with Crippen molar-refractivity contribution in [3.05, 3.63) is 54.1 Å². The van der Waals surface area contributed by atoms with E-state index >= 15 is 0 Å². The van der Waals surface area contributed by atoms with Crippen molar-refractivity contribution in [3.63, 3.8) is 0 Å². The van der Waals surface area contributed by atoms with E-state index in [9.17, 15) is 4.79 Å². The van der Waals surface area contributed by atoms with Gasteiger partial charge in [-0.15, -0.1) is 0 Å². The monoisotopic (exact) mass is 327 g/mol. The Kier molecular flexibility index (Phi) is 7.15. The van der Waals surface area contributed by atoms with E-state index < -0.39 is 0 Å². The van der Waals surface area contributed by atoms with Crippen molar-refractivity contribution in [2.75, 3.05) is 18.5 Å². The summed E-state index contributed by atoms with van der Waals surface area (Å²) in [5.74, 6) is 1.32. The molecule has 1 N–H and O–H groups in total. The molecule has 1 amide bonds. The van der Waals surface area contributed by atoms with Gasteiger partial charge in [0.2, 0.25) is 0 Å². The lowest BCUT2D eigenvalue weighted by Gasteiger charge is -2.09. The molecule has 2 aromatic rings. The van der Waals surface area contributed by atoms with Gasteiger partial charge in [0.1, 0.15) is 11.5 Å². The molecular formula is C20H25NO3. The Morgan fingerprint density at radius 3 is 2.17 bits per heavy atom. The van der Waals surface area contributed by atoms with E-state index in [1.54, 1.807) is 0 Å². The first kappa shape index (κ1) is 17.9. The average molecular weight is 327 g/mol. The number of anilines is 1. The van der Waals surface area contributed by atoms with E-state index in [0.717, 1.165) is 30.7 Å². The fourth-order valence-corrected chi connectivity index (χ4v) is 2.14. The zero-order valence-electron chi connectivity index (χ0n) is 14.4. The van der Waals surface area contributed by atoms with Crippen LogP contribution in [0.5, 0.6) is 11.5 Å². The third-order valence-electron chi connectivity index (χ3n) is 3.61. The number of carbonyl (C=O) groups is 1. The van der Waals surface area contributed by atoms with Gasteiger partial charge >= 0.3 is 0 Å². The third-order valence-corrected chi connectivity index (χ3v) is 3.61. The molecule has 4 heteroatoms. The van der Waals surface area contributed by atoms with Crippen molar-refractivity contribution >= 4 is 11.6 Å². The summed E-state index contributed by atoms with van der Waals surface area (Å²) in [7, 11) is 0. The molecular weight excluding hydrogens is 302 g/mol. The van der Waals surface area contributed by atoms with E-state index in [4.69, 9.17) is 9.47 Å². The third kappa shape index (κ3) is 5.95. The molecule has 0 bridgehead atoms. The number of ether oxygens (including phenoxy) is 2. The van der Waals surface area contributed by atoms with Gasteiger partial charge in [-0.3, -0.25) is 4.79 Å². The fourth-order valence-electron chi connectivity index (χ4n) is 2.14. The second-order valence-electron chi connectivity index (χ2n) is 5.56. The zero-order valence-corrected chi connectivity index (χ0v) is 14.4. The van der Waals surface area contributed by atoms with E-state index in [1.165, 1.54) is 5.56 Å². The fraction of sp³-hybridized carbons (Fsp3) is 0.350. The lowest BCUT2D eigenvalue weighted by atomic mass is 10.2. The van der Waals surface area contributed by atoms with Crippen LogP contribution in [0.2, 0.25) is 0 Å². The molecule has 0 saturated carbocycles. The minimum Gasteiger partial charge on any atom is -0.494 e. The highest BCUT2D eigenvalue weighted by molar-refractivity contribution is 5.91. The second-order valence-corrected chi connectivity index (χ2v) is 5.56. The summed E-state index contributed by atoms with van der Waals surface area (Å²) in [5, 5.41) is 2.81. The Hall–Kier alpha value is -2.49. The van der Waals surface area contributed by atoms with Crippen LogP contribution in [0.15, 0.2) is 48.5 Å². The number of hydrogen-bond acceptors (Lipinski definition) is 3. The van der Waals surface area contributed by atoms with Crippen LogP contribution in [-0.2, 0) is 11.2 Å². The van der Waals surface area contributed by atoms with Crippen LogP contribution in [0.3, 0.4) is 0 Å². The topological polar surface area (TPSA) is 47.6 Å². The molecule has 24 heavy (non-hydrogen) atoms. The molecule has 0 heterocycles. The molecule has 4 nitrogen and oxygen atoms in total. The minimum absolute atomic E-state index is 0.0137. The van der Waals surface area contributed by atoms with Crippen LogP contribution < -0.4 is 14.8 Å². The summed E-state index contributed by atoms with van der Waals surface area (Å²) in [4.78, 5) is 11.9. The predicted octanol–water partition coefficient (Wildman–Crippen LogP) is 4.45. The minimum atomic E-state index is -0.186. The van der Waals surface area contributed by atoms with Gasteiger partial charge in [-0.2, -0.15) is 0 Å². The maximum Gasteiger partial charge on any atom is 0.262 e. The molecule has 0 spiro atoms. The molecule has 0 aliphatic rings. The summed E-state index contributed by atoms with van der Waals surface area (Å²) in [6.45, 7) is 4.93. The van der Waals surface area contributed by atoms with E-state index in [-0.39, 0.29) is 12.5 Å². The lowest BCUT2D eigenvalue weighted by Crippen LogP contribution is -2.20. The van der Waals surface area contributed by atoms with Gasteiger partial charge in [0.15, 0.2) is 6.61 Å². The summed E-state index contributed by atoms with van der Waals surface area (Å²) in [6.07, 6.45) is 3.13. The number of rotatable bonds is 9.